The number of rotatable bonds is 2. The summed E-state index contributed by atoms with van der Waals surface area (Å²) in [5.41, 5.74) is 0. The van der Waals surface area contributed by atoms with Gasteiger partial charge >= 0.3 is 0 Å². The Morgan fingerprint density at radius 2 is 2.40 bits per heavy atom. The predicted molar refractivity (Wildman–Crippen MR) is 38.5 cm³/mol. The molecule has 0 amide bonds. The Hall–Kier alpha value is -1.05. The van der Waals surface area contributed by atoms with Crippen LogP contribution in [-0.4, -0.2) is 12.4 Å². The monoisotopic (exact) mass is 138 g/mol. The number of carbonyl (C=O) groups excluding carboxylic acids is 1. The van der Waals surface area contributed by atoms with Crippen molar-refractivity contribution in [3.05, 3.63) is 24.0 Å². The van der Waals surface area contributed by atoms with E-state index in [2.05, 4.69) is 0 Å². The highest BCUT2D eigenvalue weighted by atomic mass is 16.5. The number of ketones is 1. The van der Waals surface area contributed by atoms with Crippen LogP contribution in [0, 0.1) is 0 Å². The van der Waals surface area contributed by atoms with Crippen molar-refractivity contribution in [3.8, 4) is 0 Å². The van der Waals surface area contributed by atoms with E-state index in [-0.39, 0.29) is 5.78 Å². The Kier molecular flexibility index (Phi) is 2.26. The molecule has 54 valence electrons. The summed E-state index contributed by atoms with van der Waals surface area (Å²) in [4.78, 5) is 10.6. The molecule has 0 bridgehead atoms. The van der Waals surface area contributed by atoms with Gasteiger partial charge in [-0.1, -0.05) is 0 Å². The largest absolute Gasteiger partial charge is 0.494 e. The third-order valence-corrected chi connectivity index (χ3v) is 1.25. The fourth-order valence-corrected chi connectivity index (χ4v) is 0.786. The lowest BCUT2D eigenvalue weighted by atomic mass is 10.1. The van der Waals surface area contributed by atoms with Gasteiger partial charge in [0.1, 0.15) is 5.76 Å². The highest BCUT2D eigenvalue weighted by Crippen LogP contribution is 2.07. The summed E-state index contributed by atoms with van der Waals surface area (Å²) >= 11 is 0. The molecule has 1 aliphatic carbocycles. The Bertz CT molecular complexity index is 189. The van der Waals surface area contributed by atoms with Crippen LogP contribution in [0.5, 0.6) is 0 Å². The Morgan fingerprint density at radius 1 is 1.60 bits per heavy atom. The summed E-state index contributed by atoms with van der Waals surface area (Å²) in [6.07, 6.45) is 5.53. The zero-order valence-corrected chi connectivity index (χ0v) is 5.96. The van der Waals surface area contributed by atoms with Crippen LogP contribution < -0.4 is 0 Å². The Morgan fingerprint density at radius 3 is 2.90 bits per heavy atom. The minimum atomic E-state index is 0.142. The molecule has 2 heteroatoms. The van der Waals surface area contributed by atoms with E-state index in [1.165, 1.54) is 0 Å². The van der Waals surface area contributed by atoms with Crippen LogP contribution in [0.1, 0.15) is 13.3 Å². The lowest BCUT2D eigenvalue weighted by Gasteiger charge is -2.05. The molecule has 0 unspecified atom stereocenters. The third kappa shape index (κ3) is 1.72. The Labute approximate surface area is 60.2 Å². The van der Waals surface area contributed by atoms with Gasteiger partial charge in [0.05, 0.1) is 6.61 Å². The lowest BCUT2D eigenvalue weighted by Crippen LogP contribution is -1.98. The fourth-order valence-electron chi connectivity index (χ4n) is 0.786. The van der Waals surface area contributed by atoms with Crippen molar-refractivity contribution >= 4 is 5.78 Å². The Balaban J connectivity index is 2.50. The number of hydrogen-bond acceptors (Lipinski definition) is 2. The quantitative estimate of drug-likeness (QED) is 0.577. The molecule has 0 saturated carbocycles. The molecule has 1 aliphatic rings. The molecule has 0 aromatic heterocycles. The minimum Gasteiger partial charge on any atom is -0.494 e. The summed E-state index contributed by atoms with van der Waals surface area (Å²) in [5, 5.41) is 0. The fraction of sp³-hybridized carbons (Fsp3) is 0.375. The van der Waals surface area contributed by atoms with Crippen molar-refractivity contribution in [1.29, 1.82) is 0 Å². The summed E-state index contributed by atoms with van der Waals surface area (Å²) in [7, 11) is 0. The predicted octanol–water partition coefficient (Wildman–Crippen LogP) is 1.44. The second-order valence-corrected chi connectivity index (χ2v) is 2.04. The average Bonchev–Trinajstić information content (AvgIpc) is 1.95. The van der Waals surface area contributed by atoms with Gasteiger partial charge in [0.2, 0.25) is 0 Å². The molecular formula is C8H10O2. The molecule has 0 atom stereocenters. The first kappa shape index (κ1) is 7.06. The SMILES string of the molecule is CCOC1=CCC(=O)C=C1. The molecule has 2 nitrogen and oxygen atoms in total. The van der Waals surface area contributed by atoms with E-state index in [0.717, 1.165) is 5.76 Å². The van der Waals surface area contributed by atoms with Gasteiger partial charge in [-0.25, -0.2) is 0 Å². The molecule has 0 spiro atoms. The van der Waals surface area contributed by atoms with Crippen LogP contribution in [0.25, 0.3) is 0 Å². The van der Waals surface area contributed by atoms with Gasteiger partial charge in [0.25, 0.3) is 0 Å². The van der Waals surface area contributed by atoms with Gasteiger partial charge in [-0.05, 0) is 25.2 Å². The van der Waals surface area contributed by atoms with E-state index in [9.17, 15) is 4.79 Å². The van der Waals surface area contributed by atoms with Crippen LogP contribution in [0.3, 0.4) is 0 Å². The van der Waals surface area contributed by atoms with Gasteiger partial charge < -0.3 is 4.74 Å². The molecular weight excluding hydrogens is 128 g/mol. The molecule has 0 aromatic carbocycles. The first-order chi connectivity index (χ1) is 4.83. The lowest BCUT2D eigenvalue weighted by molar-refractivity contribution is -0.114. The number of carbonyl (C=O) groups is 1. The van der Waals surface area contributed by atoms with Crippen molar-refractivity contribution in [2.45, 2.75) is 13.3 Å². The molecule has 0 N–H and O–H groups in total. The molecule has 10 heavy (non-hydrogen) atoms. The van der Waals surface area contributed by atoms with Crippen molar-refractivity contribution in [2.24, 2.45) is 0 Å². The number of ether oxygens (including phenoxy) is 1. The first-order valence-electron chi connectivity index (χ1n) is 3.37. The van der Waals surface area contributed by atoms with Crippen LogP contribution in [-0.2, 0) is 9.53 Å². The molecule has 0 aromatic rings. The van der Waals surface area contributed by atoms with E-state index in [1.807, 2.05) is 6.92 Å². The maximum absolute atomic E-state index is 10.6. The highest BCUT2D eigenvalue weighted by Gasteiger charge is 2.02. The zero-order chi connectivity index (χ0) is 7.40. The van der Waals surface area contributed by atoms with Crippen molar-refractivity contribution in [3.63, 3.8) is 0 Å². The van der Waals surface area contributed by atoms with E-state index in [1.54, 1.807) is 18.2 Å². The van der Waals surface area contributed by atoms with E-state index >= 15 is 0 Å². The van der Waals surface area contributed by atoms with Gasteiger partial charge in [0.15, 0.2) is 5.78 Å². The second-order valence-electron chi connectivity index (χ2n) is 2.04. The van der Waals surface area contributed by atoms with Crippen molar-refractivity contribution < 1.29 is 9.53 Å². The van der Waals surface area contributed by atoms with Gasteiger partial charge in [0, 0.05) is 6.42 Å². The standard InChI is InChI=1S/C8H10O2/c1-2-10-8-5-3-7(9)4-6-8/h3,5-6H,2,4H2,1H3. The van der Waals surface area contributed by atoms with E-state index in [0.29, 0.717) is 13.0 Å². The summed E-state index contributed by atoms with van der Waals surface area (Å²) in [6.45, 7) is 2.58. The van der Waals surface area contributed by atoms with Crippen LogP contribution >= 0.6 is 0 Å². The third-order valence-electron chi connectivity index (χ3n) is 1.25. The smallest absolute Gasteiger partial charge is 0.159 e. The van der Waals surface area contributed by atoms with E-state index < -0.39 is 0 Å². The minimum absolute atomic E-state index is 0.142. The summed E-state index contributed by atoms with van der Waals surface area (Å²) in [6, 6.07) is 0. The van der Waals surface area contributed by atoms with Crippen LogP contribution in [0.15, 0.2) is 24.0 Å². The molecule has 1 rings (SSSR count). The number of allylic oxidation sites excluding steroid dienone is 3. The second kappa shape index (κ2) is 3.20. The summed E-state index contributed by atoms with van der Waals surface area (Å²) < 4.78 is 5.15. The highest BCUT2D eigenvalue weighted by molar-refractivity contribution is 5.92. The average molecular weight is 138 g/mol. The molecule has 0 heterocycles. The summed E-state index contributed by atoms with van der Waals surface area (Å²) in [5.74, 6) is 0.950. The van der Waals surface area contributed by atoms with Crippen LogP contribution in [0.4, 0.5) is 0 Å². The maximum Gasteiger partial charge on any atom is 0.159 e. The first-order valence-corrected chi connectivity index (χ1v) is 3.37. The van der Waals surface area contributed by atoms with Gasteiger partial charge in [-0.3, -0.25) is 4.79 Å². The topological polar surface area (TPSA) is 26.3 Å². The molecule has 0 fully saturated rings. The maximum atomic E-state index is 10.6. The van der Waals surface area contributed by atoms with Crippen molar-refractivity contribution in [2.75, 3.05) is 6.61 Å². The normalized spacial score (nSPS) is 16.9. The molecule has 0 aliphatic heterocycles. The molecule has 0 radical (unpaired) electrons. The van der Waals surface area contributed by atoms with Gasteiger partial charge in [-0.2, -0.15) is 0 Å². The zero-order valence-electron chi connectivity index (χ0n) is 5.96. The van der Waals surface area contributed by atoms with Crippen molar-refractivity contribution in [1.82, 2.24) is 0 Å². The van der Waals surface area contributed by atoms with Gasteiger partial charge in [-0.15, -0.1) is 0 Å². The molecule has 0 saturated heterocycles. The van der Waals surface area contributed by atoms with E-state index in [4.69, 9.17) is 4.74 Å². The van der Waals surface area contributed by atoms with Crippen LogP contribution in [0.2, 0.25) is 0 Å². The number of hydrogen-bond donors (Lipinski definition) is 0.